The van der Waals surface area contributed by atoms with Crippen LogP contribution >= 0.6 is 23.6 Å². The van der Waals surface area contributed by atoms with E-state index < -0.39 is 0 Å². The molecule has 2 aromatic heterocycles. The number of thiophene rings is 1. The molecular formula is C18H19N3O3S2. The molecule has 26 heavy (non-hydrogen) atoms. The van der Waals surface area contributed by atoms with Crippen LogP contribution in [0, 0.1) is 4.84 Å². The van der Waals surface area contributed by atoms with Crippen molar-refractivity contribution >= 4 is 23.6 Å². The summed E-state index contributed by atoms with van der Waals surface area (Å²) in [7, 11) is 3.21. The second kappa shape index (κ2) is 7.22. The van der Waals surface area contributed by atoms with Crippen molar-refractivity contribution in [1.29, 1.82) is 0 Å². The molecule has 0 saturated carbocycles. The molecule has 0 atom stereocenters. The third-order valence-electron chi connectivity index (χ3n) is 4.46. The summed E-state index contributed by atoms with van der Waals surface area (Å²) < 4.78 is 18.1. The Hall–Kier alpha value is -2.16. The predicted octanol–water partition coefficient (Wildman–Crippen LogP) is 3.97. The van der Waals surface area contributed by atoms with Gasteiger partial charge in [-0.05, 0) is 53.8 Å². The maximum atomic E-state index is 5.72. The fourth-order valence-corrected chi connectivity index (χ4v) is 4.17. The first-order valence-corrected chi connectivity index (χ1v) is 9.54. The van der Waals surface area contributed by atoms with E-state index in [4.69, 9.17) is 26.1 Å². The Balaban J connectivity index is 1.56. The van der Waals surface area contributed by atoms with Crippen molar-refractivity contribution in [2.45, 2.75) is 19.6 Å². The third-order valence-corrected chi connectivity index (χ3v) is 5.77. The van der Waals surface area contributed by atoms with E-state index in [0.717, 1.165) is 25.1 Å². The quantitative estimate of drug-likeness (QED) is 0.616. The van der Waals surface area contributed by atoms with E-state index in [-0.39, 0.29) is 0 Å². The largest absolute Gasteiger partial charge is 0.493 e. The summed E-state index contributed by atoms with van der Waals surface area (Å²) in [5.74, 6) is 1.76. The van der Waals surface area contributed by atoms with Gasteiger partial charge in [0, 0.05) is 23.5 Å². The highest BCUT2D eigenvalue weighted by atomic mass is 32.1. The lowest BCUT2D eigenvalue weighted by Crippen LogP contribution is -2.32. The van der Waals surface area contributed by atoms with E-state index in [1.807, 2.05) is 29.5 Å². The van der Waals surface area contributed by atoms with Crippen LogP contribution in [0.25, 0.3) is 11.5 Å². The number of hydrogen-bond donors (Lipinski definition) is 0. The smallest absolute Gasteiger partial charge is 0.288 e. The van der Waals surface area contributed by atoms with Gasteiger partial charge in [-0.3, -0.25) is 4.90 Å². The van der Waals surface area contributed by atoms with Gasteiger partial charge in [-0.2, -0.15) is 0 Å². The lowest BCUT2D eigenvalue weighted by molar-refractivity contribution is 0.187. The van der Waals surface area contributed by atoms with Crippen molar-refractivity contribution < 1.29 is 13.9 Å². The number of aromatic nitrogens is 2. The predicted molar refractivity (Wildman–Crippen MR) is 102 cm³/mol. The fourth-order valence-electron chi connectivity index (χ4n) is 3.10. The van der Waals surface area contributed by atoms with E-state index in [1.54, 1.807) is 18.9 Å². The number of methoxy groups -OCH3 is 2. The highest BCUT2D eigenvalue weighted by molar-refractivity contribution is 7.71. The number of fused-ring (bicyclic) bond motifs is 1. The molecule has 0 amide bonds. The molecule has 0 unspecified atom stereocenters. The summed E-state index contributed by atoms with van der Waals surface area (Å²) >= 11 is 7.20. The van der Waals surface area contributed by atoms with Gasteiger partial charge in [-0.1, -0.05) is 0 Å². The Morgan fingerprint density at radius 1 is 1.23 bits per heavy atom. The zero-order valence-corrected chi connectivity index (χ0v) is 16.2. The highest BCUT2D eigenvalue weighted by Gasteiger charge is 2.19. The van der Waals surface area contributed by atoms with Gasteiger partial charge in [-0.15, -0.1) is 16.4 Å². The number of nitrogens with zero attached hydrogens (tertiary/aromatic N) is 3. The van der Waals surface area contributed by atoms with Crippen LogP contribution < -0.4 is 9.47 Å². The Kier molecular flexibility index (Phi) is 4.80. The second-order valence-electron chi connectivity index (χ2n) is 6.06. The van der Waals surface area contributed by atoms with Gasteiger partial charge < -0.3 is 13.9 Å². The Morgan fingerprint density at radius 2 is 2.08 bits per heavy atom. The van der Waals surface area contributed by atoms with Crippen molar-refractivity contribution in [2.24, 2.45) is 0 Å². The number of ether oxygens (including phenoxy) is 2. The summed E-state index contributed by atoms with van der Waals surface area (Å²) in [6.07, 6.45) is 1.07. The Morgan fingerprint density at radius 3 is 2.88 bits per heavy atom. The molecule has 6 nitrogen and oxygen atoms in total. The van der Waals surface area contributed by atoms with Gasteiger partial charge in [0.1, 0.15) is 0 Å². The molecule has 0 bridgehead atoms. The minimum Gasteiger partial charge on any atom is -0.493 e. The van der Waals surface area contributed by atoms with Gasteiger partial charge in [0.15, 0.2) is 11.5 Å². The SMILES string of the molecule is COc1ccc(-c2nn(CN3CCc4sccc4C3)c(=S)o2)cc1OC. The molecule has 0 saturated heterocycles. The summed E-state index contributed by atoms with van der Waals surface area (Å²) in [5.41, 5.74) is 2.20. The van der Waals surface area contributed by atoms with Gasteiger partial charge in [0.25, 0.3) is 4.84 Å². The van der Waals surface area contributed by atoms with Gasteiger partial charge in [0.05, 0.1) is 20.9 Å². The maximum absolute atomic E-state index is 5.72. The van der Waals surface area contributed by atoms with Crippen molar-refractivity contribution in [3.05, 3.63) is 44.9 Å². The maximum Gasteiger partial charge on any atom is 0.288 e. The molecule has 0 aliphatic carbocycles. The lowest BCUT2D eigenvalue weighted by Gasteiger charge is -2.26. The van der Waals surface area contributed by atoms with Crippen LogP contribution in [0.5, 0.6) is 11.5 Å². The average Bonchev–Trinajstić information content (AvgIpc) is 3.27. The normalized spacial score (nSPS) is 14.2. The lowest BCUT2D eigenvalue weighted by atomic mass is 10.1. The van der Waals surface area contributed by atoms with E-state index in [9.17, 15) is 0 Å². The molecule has 0 fully saturated rings. The minimum atomic E-state index is 0.367. The number of benzene rings is 1. The molecule has 0 spiro atoms. The van der Waals surface area contributed by atoms with E-state index >= 15 is 0 Å². The zero-order chi connectivity index (χ0) is 18.1. The first kappa shape index (κ1) is 17.3. The first-order valence-electron chi connectivity index (χ1n) is 8.26. The van der Waals surface area contributed by atoms with Gasteiger partial charge in [-0.25, -0.2) is 4.68 Å². The number of rotatable bonds is 5. The molecule has 4 rings (SSSR count). The molecule has 0 N–H and O–H groups in total. The molecule has 3 aromatic rings. The first-order chi connectivity index (χ1) is 12.7. The van der Waals surface area contributed by atoms with E-state index in [2.05, 4.69) is 21.4 Å². The molecule has 1 aromatic carbocycles. The van der Waals surface area contributed by atoms with Crippen LogP contribution in [-0.4, -0.2) is 35.4 Å². The van der Waals surface area contributed by atoms with Gasteiger partial charge in [0.2, 0.25) is 5.89 Å². The topological polar surface area (TPSA) is 52.7 Å². The monoisotopic (exact) mass is 389 g/mol. The summed E-state index contributed by atoms with van der Waals surface area (Å²) in [6, 6.07) is 7.74. The Labute approximate surface area is 160 Å². The second-order valence-corrected chi connectivity index (χ2v) is 7.41. The average molecular weight is 390 g/mol. The van der Waals surface area contributed by atoms with Crippen LogP contribution in [0.2, 0.25) is 0 Å². The van der Waals surface area contributed by atoms with Crippen molar-refractivity contribution in [2.75, 3.05) is 20.8 Å². The van der Waals surface area contributed by atoms with E-state index in [0.29, 0.717) is 28.9 Å². The van der Waals surface area contributed by atoms with Crippen LogP contribution in [0.4, 0.5) is 0 Å². The van der Waals surface area contributed by atoms with Crippen LogP contribution in [0.1, 0.15) is 10.4 Å². The van der Waals surface area contributed by atoms with Crippen LogP contribution in [-0.2, 0) is 19.6 Å². The highest BCUT2D eigenvalue weighted by Crippen LogP contribution is 2.32. The van der Waals surface area contributed by atoms with Crippen LogP contribution in [0.15, 0.2) is 34.1 Å². The molecule has 136 valence electrons. The molecule has 8 heteroatoms. The minimum absolute atomic E-state index is 0.367. The summed E-state index contributed by atoms with van der Waals surface area (Å²) in [4.78, 5) is 4.17. The van der Waals surface area contributed by atoms with E-state index in [1.165, 1.54) is 10.4 Å². The third kappa shape index (κ3) is 3.27. The summed E-state index contributed by atoms with van der Waals surface area (Å²) in [5, 5.41) is 6.72. The van der Waals surface area contributed by atoms with Crippen molar-refractivity contribution in [1.82, 2.24) is 14.7 Å². The standard InChI is InChI=1S/C18H19N3O3S2/c1-22-14-4-3-12(9-15(14)23-2)17-19-21(18(25)24-17)11-20-7-5-16-13(10-20)6-8-26-16/h3-4,6,8-9H,5,7,10-11H2,1-2H3. The molecule has 1 aliphatic heterocycles. The van der Waals surface area contributed by atoms with Crippen molar-refractivity contribution in [3.63, 3.8) is 0 Å². The zero-order valence-electron chi connectivity index (χ0n) is 14.6. The molecular weight excluding hydrogens is 370 g/mol. The van der Waals surface area contributed by atoms with Gasteiger partial charge >= 0.3 is 0 Å². The van der Waals surface area contributed by atoms with Crippen molar-refractivity contribution in [3.8, 4) is 23.0 Å². The molecule has 3 heterocycles. The molecule has 0 radical (unpaired) electrons. The van der Waals surface area contributed by atoms with Crippen LogP contribution in [0.3, 0.4) is 0 Å². The summed E-state index contributed by atoms with van der Waals surface area (Å²) in [6.45, 7) is 2.53. The Bertz CT molecular complexity index is 976. The fraction of sp³-hybridized carbons (Fsp3) is 0.333. The number of hydrogen-bond acceptors (Lipinski definition) is 7. The molecule has 1 aliphatic rings.